The number of urea groups is 1. The molecule has 140 valence electrons. The lowest BCUT2D eigenvalue weighted by Crippen LogP contribution is -2.35. The maximum absolute atomic E-state index is 12.4. The van der Waals surface area contributed by atoms with E-state index in [1.807, 2.05) is 0 Å². The number of nitrogens with one attached hydrogen (secondary N) is 2. The van der Waals surface area contributed by atoms with Gasteiger partial charge in [0.05, 0.1) is 12.0 Å². The molecule has 0 aliphatic carbocycles. The Balaban J connectivity index is 2.28. The van der Waals surface area contributed by atoms with Gasteiger partial charge in [0.1, 0.15) is 10.7 Å². The molecule has 0 saturated carbocycles. The first-order chi connectivity index (χ1) is 12.0. The smallest absolute Gasteiger partial charge is 0.335 e. The molecule has 0 radical (unpaired) electrons. The van der Waals surface area contributed by atoms with E-state index in [0.29, 0.717) is 0 Å². The van der Waals surface area contributed by atoms with Crippen LogP contribution in [0.25, 0.3) is 0 Å². The molecule has 1 aromatic carbocycles. The fourth-order valence-electron chi connectivity index (χ4n) is 1.89. The van der Waals surface area contributed by atoms with Crippen molar-refractivity contribution < 1.29 is 26.4 Å². The van der Waals surface area contributed by atoms with E-state index in [-0.39, 0.29) is 17.8 Å². The van der Waals surface area contributed by atoms with Gasteiger partial charge in [-0.15, -0.1) is 0 Å². The van der Waals surface area contributed by atoms with Crippen LogP contribution in [0, 0.1) is 6.92 Å². The summed E-state index contributed by atoms with van der Waals surface area (Å²) in [4.78, 5) is 22.4. The molecule has 0 unspecified atom stereocenters. The van der Waals surface area contributed by atoms with Crippen LogP contribution in [-0.2, 0) is 19.9 Å². The van der Waals surface area contributed by atoms with E-state index >= 15 is 0 Å². The van der Waals surface area contributed by atoms with E-state index in [9.17, 15) is 21.6 Å². The lowest BCUT2D eigenvalue weighted by molar-refractivity contribution is 0.256. The van der Waals surface area contributed by atoms with E-state index in [1.54, 1.807) is 4.72 Å². The molecule has 0 atom stereocenters. The second-order valence-corrected chi connectivity index (χ2v) is 8.61. The Morgan fingerprint density at radius 1 is 1.04 bits per heavy atom. The largest absolute Gasteiger partial charge is 0.467 e. The number of sulfone groups is 1. The average molecular weight is 401 g/mol. The zero-order chi connectivity index (χ0) is 19.5. The fourth-order valence-corrected chi connectivity index (χ4v) is 4.43. The summed E-state index contributed by atoms with van der Waals surface area (Å²) in [5.74, 6) is -0.00382. The van der Waals surface area contributed by atoms with Crippen LogP contribution in [0.5, 0.6) is 6.01 Å². The number of hydrogen-bond acceptors (Lipinski definition) is 9. The highest BCUT2D eigenvalue weighted by Crippen LogP contribution is 2.20. The number of amides is 2. The second-order valence-electron chi connectivity index (χ2n) is 4.97. The Hall–Kier alpha value is -2.80. The Morgan fingerprint density at radius 3 is 2.23 bits per heavy atom. The van der Waals surface area contributed by atoms with Crippen molar-refractivity contribution in [1.82, 2.24) is 19.7 Å². The van der Waals surface area contributed by atoms with Crippen LogP contribution in [0.4, 0.5) is 10.7 Å². The number of hydrogen-bond donors (Lipinski definition) is 2. The van der Waals surface area contributed by atoms with Crippen LogP contribution in [-0.4, -0.2) is 51.2 Å². The van der Waals surface area contributed by atoms with Gasteiger partial charge in [-0.25, -0.2) is 26.4 Å². The van der Waals surface area contributed by atoms with E-state index in [2.05, 4.69) is 20.3 Å². The summed E-state index contributed by atoms with van der Waals surface area (Å²) >= 11 is 0. The predicted octanol–water partition coefficient (Wildman–Crippen LogP) is 0.103. The van der Waals surface area contributed by atoms with Crippen molar-refractivity contribution in [3.05, 3.63) is 30.1 Å². The minimum atomic E-state index is -4.46. The molecule has 2 aromatic rings. The Bertz CT molecular complexity index is 1050. The first-order valence-corrected chi connectivity index (χ1v) is 10.3. The van der Waals surface area contributed by atoms with Crippen molar-refractivity contribution in [2.45, 2.75) is 16.7 Å². The molecule has 0 saturated heterocycles. The van der Waals surface area contributed by atoms with Gasteiger partial charge in [-0.2, -0.15) is 15.0 Å². The molecule has 0 spiro atoms. The molecule has 11 nitrogen and oxygen atoms in total. The maximum Gasteiger partial charge on any atom is 0.335 e. The SMILES string of the molecule is COc1nc(C)nc(NC(=O)NS(=O)(=O)c2ccccc2S(C)(=O)=O)n1. The van der Waals surface area contributed by atoms with E-state index in [4.69, 9.17) is 4.74 Å². The number of benzene rings is 1. The molecule has 26 heavy (non-hydrogen) atoms. The highest BCUT2D eigenvalue weighted by Gasteiger charge is 2.25. The number of carbonyl (C=O) groups excluding carboxylic acids is 1. The van der Waals surface area contributed by atoms with Gasteiger partial charge >= 0.3 is 12.0 Å². The lowest BCUT2D eigenvalue weighted by Gasteiger charge is -2.11. The summed E-state index contributed by atoms with van der Waals surface area (Å²) in [7, 11) is -6.98. The summed E-state index contributed by atoms with van der Waals surface area (Å²) in [5.41, 5.74) is 0. The fraction of sp³-hybridized carbons (Fsp3) is 0.231. The van der Waals surface area contributed by atoms with Gasteiger partial charge in [0.2, 0.25) is 5.95 Å². The summed E-state index contributed by atoms with van der Waals surface area (Å²) in [6, 6.07) is 3.65. The number of methoxy groups -OCH3 is 1. The zero-order valence-corrected chi connectivity index (χ0v) is 15.6. The van der Waals surface area contributed by atoms with Gasteiger partial charge in [-0.1, -0.05) is 12.1 Å². The highest BCUT2D eigenvalue weighted by atomic mass is 32.2. The van der Waals surface area contributed by atoms with Gasteiger partial charge in [-0.3, -0.25) is 5.32 Å². The minimum absolute atomic E-state index is 0.0712. The van der Waals surface area contributed by atoms with Crippen LogP contribution in [0.2, 0.25) is 0 Å². The van der Waals surface area contributed by atoms with Gasteiger partial charge in [0, 0.05) is 6.26 Å². The molecular formula is C13H15N5O6S2. The van der Waals surface area contributed by atoms with Crippen molar-refractivity contribution in [2.75, 3.05) is 18.7 Å². The van der Waals surface area contributed by atoms with E-state index < -0.39 is 35.7 Å². The monoisotopic (exact) mass is 401 g/mol. The third-order valence-electron chi connectivity index (χ3n) is 2.90. The van der Waals surface area contributed by atoms with Gasteiger partial charge in [0.15, 0.2) is 9.84 Å². The molecule has 2 rings (SSSR count). The normalized spacial score (nSPS) is 11.7. The third kappa shape index (κ3) is 4.64. The standard InChI is InChI=1S/C13H15N5O6S2/c1-8-14-11(17-13(15-8)24-2)16-12(19)18-26(22,23)10-7-5-4-6-9(10)25(3,20)21/h4-7H,1-3H3,(H2,14,15,16,17,18,19). The summed E-state index contributed by atoms with van der Waals surface area (Å²) < 4.78 is 54.8. The summed E-state index contributed by atoms with van der Waals surface area (Å²) in [6.45, 7) is 1.52. The Morgan fingerprint density at radius 2 is 1.65 bits per heavy atom. The number of carbonyl (C=O) groups is 1. The number of sulfonamides is 1. The summed E-state index contributed by atoms with van der Waals surface area (Å²) in [6.07, 6.45) is 0.862. The van der Waals surface area contributed by atoms with E-state index in [0.717, 1.165) is 18.4 Å². The number of rotatable bonds is 5. The molecule has 2 amide bonds. The minimum Gasteiger partial charge on any atom is -0.467 e. The first kappa shape index (κ1) is 19.5. The topological polar surface area (TPSA) is 157 Å². The third-order valence-corrected chi connectivity index (χ3v) is 5.57. The molecular weight excluding hydrogens is 386 g/mol. The van der Waals surface area contributed by atoms with Crippen LogP contribution in [0.1, 0.15) is 5.82 Å². The quantitative estimate of drug-likeness (QED) is 0.709. The summed E-state index contributed by atoms with van der Waals surface area (Å²) in [5, 5.41) is 2.12. The lowest BCUT2D eigenvalue weighted by atomic mass is 10.4. The number of aryl methyl sites for hydroxylation is 1. The second kappa shape index (κ2) is 7.21. The first-order valence-electron chi connectivity index (χ1n) is 6.92. The predicted molar refractivity (Wildman–Crippen MR) is 90.0 cm³/mol. The van der Waals surface area contributed by atoms with Crippen molar-refractivity contribution in [3.8, 4) is 6.01 Å². The van der Waals surface area contributed by atoms with Gasteiger partial charge in [-0.05, 0) is 19.1 Å². The molecule has 1 heterocycles. The highest BCUT2D eigenvalue weighted by molar-refractivity contribution is 7.93. The number of nitrogens with zero attached hydrogens (tertiary/aromatic N) is 3. The molecule has 13 heteroatoms. The van der Waals surface area contributed by atoms with E-state index in [1.165, 1.54) is 26.2 Å². The Kier molecular flexibility index (Phi) is 5.41. The van der Waals surface area contributed by atoms with Gasteiger partial charge < -0.3 is 4.74 Å². The molecule has 0 bridgehead atoms. The number of aromatic nitrogens is 3. The molecule has 0 fully saturated rings. The van der Waals surface area contributed by atoms with Crippen LogP contribution in [0.3, 0.4) is 0 Å². The van der Waals surface area contributed by atoms with Crippen molar-refractivity contribution in [2.24, 2.45) is 0 Å². The van der Waals surface area contributed by atoms with Crippen LogP contribution < -0.4 is 14.8 Å². The average Bonchev–Trinajstić information content (AvgIpc) is 2.52. The molecule has 0 aliphatic rings. The molecule has 0 aliphatic heterocycles. The van der Waals surface area contributed by atoms with Crippen molar-refractivity contribution >= 4 is 31.8 Å². The number of ether oxygens (including phenoxy) is 1. The van der Waals surface area contributed by atoms with Crippen LogP contribution >= 0.6 is 0 Å². The van der Waals surface area contributed by atoms with Gasteiger partial charge in [0.25, 0.3) is 10.0 Å². The van der Waals surface area contributed by atoms with Crippen molar-refractivity contribution in [1.29, 1.82) is 0 Å². The zero-order valence-electron chi connectivity index (χ0n) is 13.9. The Labute approximate surface area is 149 Å². The molecule has 2 N–H and O–H groups in total. The number of anilines is 1. The molecule has 1 aromatic heterocycles. The van der Waals surface area contributed by atoms with Crippen molar-refractivity contribution in [3.63, 3.8) is 0 Å². The van der Waals surface area contributed by atoms with Crippen LogP contribution in [0.15, 0.2) is 34.1 Å². The maximum atomic E-state index is 12.4.